The Labute approximate surface area is 146 Å². The molecule has 0 unspecified atom stereocenters. The van der Waals surface area contributed by atoms with E-state index >= 15 is 0 Å². The van der Waals surface area contributed by atoms with Crippen LogP contribution in [-0.4, -0.2) is 38.6 Å². The number of benzene rings is 2. The number of anilines is 1. The Morgan fingerprint density at radius 1 is 1.08 bits per heavy atom. The highest BCUT2D eigenvalue weighted by Gasteiger charge is 2.32. The highest BCUT2D eigenvalue weighted by molar-refractivity contribution is 6.54. The highest BCUT2D eigenvalue weighted by Crippen LogP contribution is 2.29. The molecule has 0 N–H and O–H groups in total. The maximum atomic E-state index is 12.5. The first-order valence-electron chi connectivity index (χ1n) is 7.94. The summed E-state index contributed by atoms with van der Waals surface area (Å²) in [6, 6.07) is 13.0. The van der Waals surface area contributed by atoms with Crippen LogP contribution in [0, 0.1) is 0 Å². The Bertz CT molecular complexity index is 859. The van der Waals surface area contributed by atoms with Crippen LogP contribution in [0.15, 0.2) is 52.7 Å². The highest BCUT2D eigenvalue weighted by atomic mass is 16.5. The molecule has 6 heteroatoms. The third-order valence-corrected chi connectivity index (χ3v) is 3.99. The van der Waals surface area contributed by atoms with Gasteiger partial charge in [0.15, 0.2) is 17.2 Å². The van der Waals surface area contributed by atoms with Gasteiger partial charge in [-0.3, -0.25) is 4.79 Å². The normalized spacial score (nSPS) is 15.1. The summed E-state index contributed by atoms with van der Waals surface area (Å²) >= 11 is 0. The van der Waals surface area contributed by atoms with Crippen molar-refractivity contribution in [3.05, 3.63) is 53.6 Å². The van der Waals surface area contributed by atoms with E-state index in [0.717, 1.165) is 16.8 Å². The van der Waals surface area contributed by atoms with Gasteiger partial charge in [0.05, 0.1) is 26.1 Å². The third-order valence-electron chi connectivity index (χ3n) is 3.99. The molecule has 1 aliphatic rings. The molecule has 0 spiro atoms. The fourth-order valence-corrected chi connectivity index (χ4v) is 2.76. The number of ether oxygens (including phenoxy) is 2. The Kier molecular flexibility index (Phi) is 4.79. The molecule has 0 aliphatic carbocycles. The van der Waals surface area contributed by atoms with E-state index in [4.69, 9.17) is 9.47 Å². The second-order valence-corrected chi connectivity index (χ2v) is 5.37. The number of amides is 1. The van der Waals surface area contributed by atoms with Gasteiger partial charge in [0, 0.05) is 12.1 Å². The van der Waals surface area contributed by atoms with Gasteiger partial charge in [0.2, 0.25) is 0 Å². The van der Waals surface area contributed by atoms with E-state index in [1.807, 2.05) is 37.3 Å². The first kappa shape index (κ1) is 16.7. The lowest BCUT2D eigenvalue weighted by atomic mass is 10.1. The number of likely N-dealkylation sites (N-methyl/N-ethyl adjacent to an activating group) is 1. The zero-order chi connectivity index (χ0) is 17.8. The van der Waals surface area contributed by atoms with E-state index in [9.17, 15) is 4.79 Å². The first-order chi connectivity index (χ1) is 12.2. The summed E-state index contributed by atoms with van der Waals surface area (Å²) in [5, 5.41) is 8.25. The maximum Gasteiger partial charge on any atom is 0.279 e. The SMILES string of the molecule is CCN1C(=O)/C(=N/N=C\c2ccc(OC)c(OC)c2)c2ccccc21. The molecule has 1 heterocycles. The van der Waals surface area contributed by atoms with Crippen LogP contribution in [0.4, 0.5) is 5.69 Å². The van der Waals surface area contributed by atoms with Crippen molar-refractivity contribution in [3.63, 3.8) is 0 Å². The van der Waals surface area contributed by atoms with Crippen LogP contribution in [0.2, 0.25) is 0 Å². The zero-order valence-corrected chi connectivity index (χ0v) is 14.4. The fraction of sp³-hybridized carbons (Fsp3) is 0.211. The minimum absolute atomic E-state index is 0.131. The van der Waals surface area contributed by atoms with E-state index in [-0.39, 0.29) is 5.91 Å². The first-order valence-corrected chi connectivity index (χ1v) is 7.94. The van der Waals surface area contributed by atoms with E-state index in [0.29, 0.717) is 23.8 Å². The zero-order valence-electron chi connectivity index (χ0n) is 14.4. The van der Waals surface area contributed by atoms with Gasteiger partial charge in [-0.05, 0) is 36.8 Å². The summed E-state index contributed by atoms with van der Waals surface area (Å²) in [5.74, 6) is 1.12. The predicted molar refractivity (Wildman–Crippen MR) is 98.1 cm³/mol. The minimum atomic E-state index is -0.131. The summed E-state index contributed by atoms with van der Waals surface area (Å²) in [4.78, 5) is 14.2. The average molecular weight is 337 g/mol. The number of methoxy groups -OCH3 is 2. The van der Waals surface area contributed by atoms with Crippen molar-refractivity contribution in [3.8, 4) is 11.5 Å². The molecule has 0 atom stereocenters. The molecule has 2 aromatic carbocycles. The van der Waals surface area contributed by atoms with Gasteiger partial charge in [-0.15, -0.1) is 5.10 Å². The lowest BCUT2D eigenvalue weighted by Gasteiger charge is -2.12. The number of hydrogen-bond donors (Lipinski definition) is 0. The smallest absolute Gasteiger partial charge is 0.279 e. The Morgan fingerprint density at radius 3 is 2.56 bits per heavy atom. The maximum absolute atomic E-state index is 12.5. The predicted octanol–water partition coefficient (Wildman–Crippen LogP) is 2.89. The van der Waals surface area contributed by atoms with Gasteiger partial charge in [0.1, 0.15) is 0 Å². The van der Waals surface area contributed by atoms with Crippen molar-refractivity contribution in [2.24, 2.45) is 10.2 Å². The number of carbonyl (C=O) groups excluding carboxylic acids is 1. The summed E-state index contributed by atoms with van der Waals surface area (Å²) in [6.07, 6.45) is 1.58. The Morgan fingerprint density at radius 2 is 1.84 bits per heavy atom. The summed E-state index contributed by atoms with van der Waals surface area (Å²) in [7, 11) is 3.16. The van der Waals surface area contributed by atoms with Crippen molar-refractivity contribution in [1.29, 1.82) is 0 Å². The molecule has 2 aromatic rings. The molecule has 25 heavy (non-hydrogen) atoms. The van der Waals surface area contributed by atoms with Crippen LogP contribution >= 0.6 is 0 Å². The van der Waals surface area contributed by atoms with Crippen LogP contribution in [0.25, 0.3) is 0 Å². The topological polar surface area (TPSA) is 63.5 Å². The van der Waals surface area contributed by atoms with Crippen molar-refractivity contribution in [1.82, 2.24) is 0 Å². The molecular formula is C19H19N3O3. The van der Waals surface area contributed by atoms with Gasteiger partial charge in [-0.1, -0.05) is 18.2 Å². The third kappa shape index (κ3) is 3.10. The fourth-order valence-electron chi connectivity index (χ4n) is 2.76. The molecule has 0 aromatic heterocycles. The van der Waals surface area contributed by atoms with Gasteiger partial charge in [-0.2, -0.15) is 5.10 Å². The van der Waals surface area contributed by atoms with Crippen molar-refractivity contribution in [2.45, 2.75) is 6.92 Å². The van der Waals surface area contributed by atoms with Gasteiger partial charge >= 0.3 is 0 Å². The number of carbonyl (C=O) groups is 1. The second-order valence-electron chi connectivity index (χ2n) is 5.37. The number of nitrogens with zero attached hydrogens (tertiary/aromatic N) is 3. The second kappa shape index (κ2) is 7.17. The van der Waals surface area contributed by atoms with Gasteiger partial charge in [0.25, 0.3) is 5.91 Å². The van der Waals surface area contributed by atoms with Crippen molar-refractivity contribution in [2.75, 3.05) is 25.7 Å². The number of hydrogen-bond acceptors (Lipinski definition) is 5. The van der Waals surface area contributed by atoms with Crippen LogP contribution in [0.3, 0.4) is 0 Å². The number of fused-ring (bicyclic) bond motifs is 1. The van der Waals surface area contributed by atoms with Crippen molar-refractivity contribution >= 4 is 23.5 Å². The number of rotatable bonds is 5. The standard InChI is InChI=1S/C19H19N3O3/c1-4-22-15-8-6-5-7-14(15)18(19(22)23)21-20-12-13-9-10-16(24-2)17(11-13)25-3/h5-12H,4H2,1-3H3/b20-12-,21-18+. The molecule has 128 valence electrons. The summed E-state index contributed by atoms with van der Waals surface area (Å²) < 4.78 is 10.5. The molecule has 1 aliphatic heterocycles. The quantitative estimate of drug-likeness (QED) is 0.622. The van der Waals surface area contributed by atoms with Gasteiger partial charge in [-0.25, -0.2) is 0 Å². The van der Waals surface area contributed by atoms with Crippen LogP contribution in [0.1, 0.15) is 18.1 Å². The van der Waals surface area contributed by atoms with E-state index in [2.05, 4.69) is 10.2 Å². The average Bonchev–Trinajstić information content (AvgIpc) is 2.92. The van der Waals surface area contributed by atoms with E-state index < -0.39 is 0 Å². The van der Waals surface area contributed by atoms with Crippen LogP contribution in [0.5, 0.6) is 11.5 Å². The molecule has 0 radical (unpaired) electrons. The monoisotopic (exact) mass is 337 g/mol. The van der Waals surface area contributed by atoms with E-state index in [1.54, 1.807) is 37.5 Å². The lowest BCUT2D eigenvalue weighted by Crippen LogP contribution is -2.29. The molecular weight excluding hydrogens is 318 g/mol. The molecule has 0 saturated heterocycles. The molecule has 3 rings (SSSR count). The number of para-hydroxylation sites is 1. The Hall–Kier alpha value is -3.15. The summed E-state index contributed by atoms with van der Waals surface area (Å²) in [5.41, 5.74) is 2.83. The minimum Gasteiger partial charge on any atom is -0.493 e. The molecule has 6 nitrogen and oxygen atoms in total. The molecule has 0 saturated carbocycles. The van der Waals surface area contributed by atoms with Crippen LogP contribution < -0.4 is 14.4 Å². The van der Waals surface area contributed by atoms with Crippen molar-refractivity contribution < 1.29 is 14.3 Å². The molecule has 0 fully saturated rings. The Balaban J connectivity index is 1.89. The molecule has 0 bridgehead atoms. The summed E-state index contributed by atoms with van der Waals surface area (Å²) in [6.45, 7) is 2.53. The van der Waals surface area contributed by atoms with Crippen LogP contribution in [-0.2, 0) is 4.79 Å². The largest absolute Gasteiger partial charge is 0.493 e. The molecule has 1 amide bonds. The van der Waals surface area contributed by atoms with E-state index in [1.165, 1.54) is 0 Å². The van der Waals surface area contributed by atoms with Gasteiger partial charge < -0.3 is 14.4 Å². The lowest BCUT2D eigenvalue weighted by molar-refractivity contribution is -0.112.